The molecular weight excluding hydrogens is 228 g/mol. The van der Waals surface area contributed by atoms with Crippen molar-refractivity contribution in [1.29, 1.82) is 0 Å². The van der Waals surface area contributed by atoms with E-state index in [0.29, 0.717) is 13.1 Å². The fraction of sp³-hybridized carbons (Fsp3) is 0.286. The van der Waals surface area contributed by atoms with Crippen LogP contribution in [0.25, 0.3) is 0 Å². The molecule has 1 heterocycles. The minimum absolute atomic E-state index is 0.207. The molecule has 1 aliphatic rings. The summed E-state index contributed by atoms with van der Waals surface area (Å²) in [6, 6.07) is 9.42. The zero-order chi connectivity index (χ0) is 13.1. The van der Waals surface area contributed by atoms with Crippen molar-refractivity contribution in [3.8, 4) is 0 Å². The molecular formula is C14H16N2O2. The molecule has 0 bridgehead atoms. The molecule has 2 amide bonds. The van der Waals surface area contributed by atoms with Crippen molar-refractivity contribution in [2.45, 2.75) is 6.92 Å². The van der Waals surface area contributed by atoms with Crippen LogP contribution in [0.3, 0.4) is 0 Å². The van der Waals surface area contributed by atoms with Gasteiger partial charge in [0.1, 0.15) is 5.57 Å². The largest absolute Gasteiger partial charge is 0.340 e. The van der Waals surface area contributed by atoms with Crippen LogP contribution in [0, 0.1) is 0 Å². The smallest absolute Gasteiger partial charge is 0.263 e. The van der Waals surface area contributed by atoms with Gasteiger partial charge in [0.15, 0.2) is 0 Å². The number of hydrogen-bond acceptors (Lipinski definition) is 2. The third-order valence-corrected chi connectivity index (χ3v) is 3.07. The van der Waals surface area contributed by atoms with Gasteiger partial charge in [0.25, 0.3) is 11.8 Å². The Bertz CT molecular complexity index is 494. The van der Waals surface area contributed by atoms with E-state index in [2.05, 4.69) is 0 Å². The molecule has 94 valence electrons. The average Bonchev–Trinajstić information content (AvgIpc) is 2.50. The van der Waals surface area contributed by atoms with Crippen molar-refractivity contribution in [2.24, 2.45) is 0 Å². The predicted molar refractivity (Wildman–Crippen MR) is 70.2 cm³/mol. The lowest BCUT2D eigenvalue weighted by molar-refractivity contribution is -0.127. The number of benzene rings is 1. The third kappa shape index (κ3) is 2.14. The SMILES string of the molecule is C/C=C1/C(=O)N(C)CCN(c2ccccc2)C1=O. The molecule has 4 nitrogen and oxygen atoms in total. The lowest BCUT2D eigenvalue weighted by atomic mass is 10.2. The van der Waals surface area contributed by atoms with Crippen molar-refractivity contribution in [1.82, 2.24) is 4.90 Å². The van der Waals surface area contributed by atoms with Crippen molar-refractivity contribution in [3.63, 3.8) is 0 Å². The first kappa shape index (κ1) is 12.4. The summed E-state index contributed by atoms with van der Waals surface area (Å²) in [7, 11) is 1.72. The summed E-state index contributed by atoms with van der Waals surface area (Å²) in [5.74, 6) is -0.431. The topological polar surface area (TPSA) is 40.6 Å². The predicted octanol–water partition coefficient (Wildman–Crippen LogP) is 1.44. The number of nitrogens with zero attached hydrogens (tertiary/aromatic N) is 2. The lowest BCUT2D eigenvalue weighted by Gasteiger charge is -2.20. The second-order valence-corrected chi connectivity index (χ2v) is 4.22. The Kier molecular flexibility index (Phi) is 3.46. The average molecular weight is 244 g/mol. The molecule has 1 saturated heterocycles. The van der Waals surface area contributed by atoms with Crippen LogP contribution in [0.5, 0.6) is 0 Å². The number of hydrogen-bond donors (Lipinski definition) is 0. The molecule has 0 spiro atoms. The zero-order valence-corrected chi connectivity index (χ0v) is 10.6. The lowest BCUT2D eigenvalue weighted by Crippen LogP contribution is -2.33. The van der Waals surface area contributed by atoms with Crippen LogP contribution in [0.1, 0.15) is 6.92 Å². The van der Waals surface area contributed by atoms with Crippen molar-refractivity contribution in [3.05, 3.63) is 42.0 Å². The van der Waals surface area contributed by atoms with Gasteiger partial charge >= 0.3 is 0 Å². The van der Waals surface area contributed by atoms with Crippen molar-refractivity contribution < 1.29 is 9.59 Å². The van der Waals surface area contributed by atoms with Crippen LogP contribution in [0.2, 0.25) is 0 Å². The molecule has 1 aromatic carbocycles. The van der Waals surface area contributed by atoms with Crippen LogP contribution in [0.15, 0.2) is 42.0 Å². The third-order valence-electron chi connectivity index (χ3n) is 3.07. The molecule has 1 fully saturated rings. The summed E-state index contributed by atoms with van der Waals surface area (Å²) in [6.45, 7) is 2.77. The van der Waals surface area contributed by atoms with Crippen LogP contribution in [0.4, 0.5) is 5.69 Å². The zero-order valence-electron chi connectivity index (χ0n) is 10.6. The van der Waals surface area contributed by atoms with E-state index in [1.54, 1.807) is 29.8 Å². The Labute approximate surface area is 106 Å². The maximum absolute atomic E-state index is 12.3. The Morgan fingerprint density at radius 1 is 1.06 bits per heavy atom. The summed E-state index contributed by atoms with van der Waals surface area (Å²) < 4.78 is 0. The highest BCUT2D eigenvalue weighted by atomic mass is 16.2. The van der Waals surface area contributed by atoms with Gasteiger partial charge in [-0.15, -0.1) is 0 Å². The standard InChI is InChI=1S/C14H16N2O2/c1-3-12-13(17)15(2)9-10-16(14(12)18)11-7-5-4-6-8-11/h3-8H,9-10H2,1-2H3/b12-3-. The van der Waals surface area contributed by atoms with Crippen molar-refractivity contribution >= 4 is 17.5 Å². The summed E-state index contributed by atoms with van der Waals surface area (Å²) in [6.07, 6.45) is 1.59. The van der Waals surface area contributed by atoms with Gasteiger partial charge in [-0.2, -0.15) is 0 Å². The first-order valence-corrected chi connectivity index (χ1v) is 5.94. The highest BCUT2D eigenvalue weighted by Crippen LogP contribution is 2.19. The van der Waals surface area contributed by atoms with Gasteiger partial charge in [0.2, 0.25) is 0 Å². The van der Waals surface area contributed by atoms with Gasteiger partial charge in [-0.1, -0.05) is 24.3 Å². The fourth-order valence-corrected chi connectivity index (χ4v) is 2.00. The Hall–Kier alpha value is -2.10. The molecule has 4 heteroatoms. The second kappa shape index (κ2) is 5.04. The summed E-state index contributed by atoms with van der Waals surface area (Å²) in [4.78, 5) is 27.5. The monoisotopic (exact) mass is 244 g/mol. The summed E-state index contributed by atoms with van der Waals surface area (Å²) in [5, 5.41) is 0. The number of para-hydroxylation sites is 1. The molecule has 0 unspecified atom stereocenters. The molecule has 0 aliphatic carbocycles. The second-order valence-electron chi connectivity index (χ2n) is 4.22. The Balaban J connectivity index is 2.39. The first-order chi connectivity index (χ1) is 8.65. The van der Waals surface area contributed by atoms with Gasteiger partial charge in [-0.05, 0) is 19.1 Å². The number of rotatable bonds is 1. The molecule has 0 radical (unpaired) electrons. The van der Waals surface area contributed by atoms with E-state index in [-0.39, 0.29) is 17.4 Å². The van der Waals surface area contributed by atoms with E-state index in [9.17, 15) is 9.59 Å². The molecule has 1 aliphatic heterocycles. The Morgan fingerprint density at radius 2 is 1.72 bits per heavy atom. The van der Waals surface area contributed by atoms with E-state index >= 15 is 0 Å². The van der Waals surface area contributed by atoms with Crippen LogP contribution in [-0.2, 0) is 9.59 Å². The molecule has 0 N–H and O–H groups in total. The van der Waals surface area contributed by atoms with Gasteiger partial charge in [0.05, 0.1) is 0 Å². The van der Waals surface area contributed by atoms with Gasteiger partial charge in [0, 0.05) is 25.8 Å². The molecule has 0 atom stereocenters. The number of amides is 2. The molecule has 0 saturated carbocycles. The minimum Gasteiger partial charge on any atom is -0.340 e. The number of allylic oxidation sites excluding steroid dienone is 1. The van der Waals surface area contributed by atoms with Crippen molar-refractivity contribution in [2.75, 3.05) is 25.0 Å². The quantitative estimate of drug-likeness (QED) is 0.554. The van der Waals surface area contributed by atoms with E-state index in [4.69, 9.17) is 0 Å². The van der Waals surface area contributed by atoms with E-state index in [0.717, 1.165) is 5.69 Å². The van der Waals surface area contributed by atoms with Crippen LogP contribution >= 0.6 is 0 Å². The summed E-state index contributed by atoms with van der Waals surface area (Å²) >= 11 is 0. The molecule has 2 rings (SSSR count). The minimum atomic E-state index is -0.224. The van der Waals surface area contributed by atoms with Gasteiger partial charge in [-0.3, -0.25) is 9.59 Å². The fourth-order valence-electron chi connectivity index (χ4n) is 2.00. The van der Waals surface area contributed by atoms with Crippen LogP contribution < -0.4 is 4.90 Å². The normalized spacial score (nSPS) is 19.3. The van der Waals surface area contributed by atoms with E-state index in [1.807, 2.05) is 30.3 Å². The van der Waals surface area contributed by atoms with Crippen LogP contribution in [-0.4, -0.2) is 36.9 Å². The number of likely N-dealkylation sites (N-methyl/N-ethyl adjacent to an activating group) is 1. The molecule has 0 aromatic heterocycles. The molecule has 18 heavy (non-hydrogen) atoms. The first-order valence-electron chi connectivity index (χ1n) is 5.94. The maximum atomic E-state index is 12.3. The van der Waals surface area contributed by atoms with E-state index in [1.165, 1.54) is 0 Å². The van der Waals surface area contributed by atoms with Gasteiger partial charge < -0.3 is 9.80 Å². The molecule has 1 aromatic rings. The highest BCUT2D eigenvalue weighted by Gasteiger charge is 2.30. The summed E-state index contributed by atoms with van der Waals surface area (Å²) in [5.41, 5.74) is 1.06. The number of carbonyl (C=O) groups is 2. The van der Waals surface area contributed by atoms with Gasteiger partial charge in [-0.25, -0.2) is 0 Å². The Morgan fingerprint density at radius 3 is 2.33 bits per heavy atom. The van der Waals surface area contributed by atoms with E-state index < -0.39 is 0 Å². The number of carbonyl (C=O) groups excluding carboxylic acids is 2. The highest BCUT2D eigenvalue weighted by molar-refractivity contribution is 6.24. The maximum Gasteiger partial charge on any atom is 0.263 e. The number of anilines is 1.